The molecule has 0 spiro atoms. The summed E-state index contributed by atoms with van der Waals surface area (Å²) in [5, 5.41) is 3.03. The lowest BCUT2D eigenvalue weighted by atomic mass is 9.98. The molecule has 3 aromatic rings. The first kappa shape index (κ1) is 24.1. The van der Waals surface area contributed by atoms with E-state index in [2.05, 4.69) is 5.32 Å². The Bertz CT molecular complexity index is 1310. The van der Waals surface area contributed by atoms with E-state index in [0.717, 1.165) is 5.56 Å². The van der Waals surface area contributed by atoms with Crippen LogP contribution in [-0.2, 0) is 9.59 Å². The molecule has 1 atom stereocenters. The Morgan fingerprint density at radius 3 is 2.20 bits per heavy atom. The fourth-order valence-corrected chi connectivity index (χ4v) is 4.10. The van der Waals surface area contributed by atoms with Crippen LogP contribution in [0.1, 0.15) is 50.4 Å². The van der Waals surface area contributed by atoms with Crippen molar-refractivity contribution in [3.05, 3.63) is 107 Å². The van der Waals surface area contributed by atoms with Crippen LogP contribution in [-0.4, -0.2) is 28.0 Å². The van der Waals surface area contributed by atoms with Crippen LogP contribution in [0.4, 0.5) is 10.1 Å². The van der Waals surface area contributed by atoms with Gasteiger partial charge in [0.1, 0.15) is 11.9 Å². The van der Waals surface area contributed by atoms with E-state index in [0.29, 0.717) is 28.2 Å². The number of carbonyl (C=O) groups is 2. The van der Waals surface area contributed by atoms with E-state index < -0.39 is 11.6 Å². The Morgan fingerprint density at radius 2 is 1.57 bits per heavy atom. The minimum absolute atomic E-state index is 0.310. The lowest BCUT2D eigenvalue weighted by Crippen LogP contribution is -2.49. The van der Waals surface area contributed by atoms with Gasteiger partial charge in [-0.25, -0.2) is 9.38 Å². The number of nitrogens with zero attached hydrogens (tertiary/aromatic N) is 2. The number of nitrogens with one attached hydrogen (secondary N) is 1. The highest BCUT2D eigenvalue weighted by atomic mass is 19.1. The van der Waals surface area contributed by atoms with E-state index in [1.165, 1.54) is 24.0 Å². The smallest absolute Gasteiger partial charge is 0.248 e. The third kappa shape index (κ3) is 5.38. The molecule has 0 fully saturated rings. The van der Waals surface area contributed by atoms with Gasteiger partial charge >= 0.3 is 0 Å². The molecular formula is C29H28FN3O2. The lowest BCUT2D eigenvalue weighted by molar-refractivity contribution is -0.137. The highest BCUT2D eigenvalue weighted by Crippen LogP contribution is 2.38. The van der Waals surface area contributed by atoms with E-state index in [9.17, 15) is 14.0 Å². The molecule has 1 aliphatic heterocycles. The quantitative estimate of drug-likeness (QED) is 0.527. The maximum Gasteiger partial charge on any atom is 0.248 e. The fraction of sp³-hybridized carbons (Fsp3) is 0.207. The zero-order valence-electron chi connectivity index (χ0n) is 20.2. The van der Waals surface area contributed by atoms with Gasteiger partial charge < -0.3 is 5.32 Å². The van der Waals surface area contributed by atoms with Crippen LogP contribution < -0.4 is 5.32 Å². The Labute approximate surface area is 205 Å². The van der Waals surface area contributed by atoms with Crippen molar-refractivity contribution < 1.29 is 14.0 Å². The molecule has 1 heterocycles. The van der Waals surface area contributed by atoms with Crippen LogP contribution in [0.3, 0.4) is 0 Å². The molecule has 1 unspecified atom stereocenters. The normalized spacial score (nSPS) is 16.8. The average Bonchev–Trinajstić information content (AvgIpc) is 2.95. The topological polar surface area (TPSA) is 61.8 Å². The van der Waals surface area contributed by atoms with Crippen molar-refractivity contribution in [2.75, 3.05) is 0 Å². The first-order chi connectivity index (χ1) is 16.6. The summed E-state index contributed by atoms with van der Waals surface area (Å²) >= 11 is 0. The van der Waals surface area contributed by atoms with Gasteiger partial charge in [-0.15, -0.1) is 0 Å². The second-order valence-corrected chi connectivity index (χ2v) is 9.50. The Morgan fingerprint density at radius 1 is 0.943 bits per heavy atom. The van der Waals surface area contributed by atoms with E-state index in [1.807, 2.05) is 75.4 Å². The second-order valence-electron chi connectivity index (χ2n) is 9.50. The molecule has 0 saturated heterocycles. The number of fused-ring (bicyclic) bond motifs is 1. The van der Waals surface area contributed by atoms with Crippen LogP contribution in [0.15, 0.2) is 89.6 Å². The molecule has 0 aliphatic carbocycles. The first-order valence-corrected chi connectivity index (χ1v) is 11.5. The summed E-state index contributed by atoms with van der Waals surface area (Å²) in [7, 11) is 0. The Kier molecular flexibility index (Phi) is 6.65. The third-order valence-electron chi connectivity index (χ3n) is 5.53. The predicted molar refractivity (Wildman–Crippen MR) is 137 cm³/mol. The van der Waals surface area contributed by atoms with Gasteiger partial charge in [0.05, 0.1) is 17.1 Å². The van der Waals surface area contributed by atoms with Crippen LogP contribution >= 0.6 is 0 Å². The number of aliphatic imine (C=N–C) groups is 1. The van der Waals surface area contributed by atoms with Gasteiger partial charge in [0, 0.05) is 23.6 Å². The molecular weight excluding hydrogens is 441 g/mol. The van der Waals surface area contributed by atoms with Crippen LogP contribution in [0.25, 0.3) is 6.08 Å². The summed E-state index contributed by atoms with van der Waals surface area (Å²) in [6.45, 7) is 7.12. The molecule has 0 radical (unpaired) electrons. The number of allylic oxidation sites excluding steroid dienone is 1. The standard InChI is InChI=1S/C29H28FN3O2/c1-19(34)33-25(18-20-14-16-22(30)17-15-20)26(21-10-6-5-7-11-21)31-24-13-9-8-12-23(24)27(33)28(35)32-29(2,3)4/h5-18,27H,1-4H3,(H,32,35)/b25-18-. The van der Waals surface area contributed by atoms with E-state index in [4.69, 9.17) is 4.99 Å². The minimum atomic E-state index is -0.945. The molecule has 5 nitrogen and oxygen atoms in total. The van der Waals surface area contributed by atoms with Crippen molar-refractivity contribution >= 4 is 29.3 Å². The number of carbonyl (C=O) groups excluding carboxylic acids is 2. The Hall–Kier alpha value is -4.06. The van der Waals surface area contributed by atoms with Crippen LogP contribution in [0.5, 0.6) is 0 Å². The van der Waals surface area contributed by atoms with E-state index in [1.54, 1.807) is 18.2 Å². The fourth-order valence-electron chi connectivity index (χ4n) is 4.10. The largest absolute Gasteiger partial charge is 0.349 e. The molecule has 1 aliphatic rings. The molecule has 178 valence electrons. The van der Waals surface area contributed by atoms with Gasteiger partial charge in [0.2, 0.25) is 11.8 Å². The number of halogens is 1. The average molecular weight is 470 g/mol. The van der Waals surface area contributed by atoms with Gasteiger partial charge in [0.15, 0.2) is 0 Å². The maximum absolute atomic E-state index is 13.7. The van der Waals surface area contributed by atoms with E-state index >= 15 is 0 Å². The third-order valence-corrected chi connectivity index (χ3v) is 5.53. The summed E-state index contributed by atoms with van der Waals surface area (Å²) in [6, 6.07) is 21.9. The maximum atomic E-state index is 13.7. The summed E-state index contributed by atoms with van der Waals surface area (Å²) < 4.78 is 13.6. The number of amides is 2. The molecule has 0 bridgehead atoms. The van der Waals surface area contributed by atoms with Gasteiger partial charge in [-0.2, -0.15) is 0 Å². The van der Waals surface area contributed by atoms with Gasteiger partial charge in [-0.05, 0) is 50.6 Å². The van der Waals surface area contributed by atoms with E-state index in [-0.39, 0.29) is 17.6 Å². The SMILES string of the molecule is CC(=O)N1/C(=C\c2ccc(F)cc2)C(c2ccccc2)=Nc2ccccc2C1C(=O)NC(C)(C)C. The molecule has 3 aromatic carbocycles. The number of hydrogen-bond donors (Lipinski definition) is 1. The summed E-state index contributed by atoms with van der Waals surface area (Å²) in [5.41, 5.74) is 3.19. The monoisotopic (exact) mass is 469 g/mol. The Balaban J connectivity index is 2.02. The van der Waals surface area contributed by atoms with Crippen molar-refractivity contribution in [2.45, 2.75) is 39.3 Å². The molecule has 4 rings (SSSR count). The number of benzene rings is 3. The predicted octanol–water partition coefficient (Wildman–Crippen LogP) is 5.81. The molecule has 0 saturated carbocycles. The van der Waals surface area contributed by atoms with Gasteiger partial charge in [-0.1, -0.05) is 60.7 Å². The van der Waals surface area contributed by atoms with Crippen molar-refractivity contribution in [1.82, 2.24) is 10.2 Å². The summed E-state index contributed by atoms with van der Waals surface area (Å²) in [6.07, 6.45) is 1.77. The number of hydrogen-bond acceptors (Lipinski definition) is 3. The number of rotatable bonds is 3. The molecule has 1 N–H and O–H groups in total. The number of para-hydroxylation sites is 1. The van der Waals surface area contributed by atoms with Crippen LogP contribution in [0.2, 0.25) is 0 Å². The van der Waals surface area contributed by atoms with Crippen molar-refractivity contribution in [3.8, 4) is 0 Å². The lowest BCUT2D eigenvalue weighted by Gasteiger charge is -2.33. The summed E-state index contributed by atoms with van der Waals surface area (Å²) in [4.78, 5) is 33.4. The van der Waals surface area contributed by atoms with Gasteiger partial charge in [0.25, 0.3) is 0 Å². The summed E-state index contributed by atoms with van der Waals surface area (Å²) in [5.74, 6) is -0.981. The molecule has 2 amide bonds. The van der Waals surface area contributed by atoms with Crippen molar-refractivity contribution in [2.24, 2.45) is 4.99 Å². The highest BCUT2D eigenvalue weighted by Gasteiger charge is 2.38. The van der Waals surface area contributed by atoms with Crippen molar-refractivity contribution in [3.63, 3.8) is 0 Å². The first-order valence-electron chi connectivity index (χ1n) is 11.5. The highest BCUT2D eigenvalue weighted by molar-refractivity contribution is 6.18. The molecule has 6 heteroatoms. The van der Waals surface area contributed by atoms with Crippen molar-refractivity contribution in [1.29, 1.82) is 0 Å². The molecule has 35 heavy (non-hydrogen) atoms. The van der Waals surface area contributed by atoms with Crippen LogP contribution in [0, 0.1) is 5.82 Å². The second kappa shape index (κ2) is 9.66. The molecule has 0 aromatic heterocycles. The minimum Gasteiger partial charge on any atom is -0.349 e. The van der Waals surface area contributed by atoms with Gasteiger partial charge in [-0.3, -0.25) is 14.5 Å². The zero-order valence-corrected chi connectivity index (χ0v) is 20.2. The zero-order chi connectivity index (χ0) is 25.2.